The van der Waals surface area contributed by atoms with Crippen molar-refractivity contribution in [3.8, 4) is 0 Å². The first kappa shape index (κ1) is 13.1. The minimum Gasteiger partial charge on any atom is -0.395 e. The molecule has 0 radical (unpaired) electrons. The molecule has 0 heterocycles. The molecule has 90 valence electrons. The number of rotatable bonds is 6. The fourth-order valence-corrected chi connectivity index (χ4v) is 2.03. The Morgan fingerprint density at radius 3 is 2.44 bits per heavy atom. The van der Waals surface area contributed by atoms with E-state index in [9.17, 15) is 8.42 Å². The van der Waals surface area contributed by atoms with Gasteiger partial charge in [0.05, 0.1) is 12.6 Å². The van der Waals surface area contributed by atoms with Gasteiger partial charge in [0.1, 0.15) is 0 Å². The van der Waals surface area contributed by atoms with Gasteiger partial charge in [0.2, 0.25) is 0 Å². The molecule has 0 fully saturated rings. The third-order valence-corrected chi connectivity index (χ3v) is 3.32. The van der Waals surface area contributed by atoms with Crippen LogP contribution in [0.5, 0.6) is 0 Å². The average Bonchev–Trinajstić information content (AvgIpc) is 2.29. The summed E-state index contributed by atoms with van der Waals surface area (Å²) in [5.41, 5.74) is 0.973. The molecule has 0 spiro atoms. The maximum Gasteiger partial charge on any atom is 0.276 e. The standard InChI is InChI=1S/C10H16N2O3S/c1-11-16(14,15)12-10(8-13)7-9-5-3-2-4-6-9/h2-6,10-13H,7-8H2,1H3/t10-/m0/s1. The number of hydrogen-bond acceptors (Lipinski definition) is 3. The van der Waals surface area contributed by atoms with Gasteiger partial charge in [-0.3, -0.25) is 0 Å². The minimum absolute atomic E-state index is 0.240. The van der Waals surface area contributed by atoms with E-state index >= 15 is 0 Å². The van der Waals surface area contributed by atoms with E-state index in [4.69, 9.17) is 5.11 Å². The van der Waals surface area contributed by atoms with E-state index in [1.54, 1.807) is 0 Å². The minimum atomic E-state index is -3.51. The Morgan fingerprint density at radius 1 is 1.31 bits per heavy atom. The van der Waals surface area contributed by atoms with Crippen LogP contribution in [-0.2, 0) is 16.6 Å². The van der Waals surface area contributed by atoms with Gasteiger partial charge in [-0.05, 0) is 12.0 Å². The summed E-state index contributed by atoms with van der Waals surface area (Å²) in [7, 11) is -2.19. The highest BCUT2D eigenvalue weighted by Crippen LogP contribution is 2.03. The number of hydrogen-bond donors (Lipinski definition) is 3. The van der Waals surface area contributed by atoms with Gasteiger partial charge in [-0.15, -0.1) is 0 Å². The van der Waals surface area contributed by atoms with Gasteiger partial charge in [-0.2, -0.15) is 13.1 Å². The first-order valence-electron chi connectivity index (χ1n) is 4.93. The molecule has 0 saturated heterocycles. The lowest BCUT2D eigenvalue weighted by Gasteiger charge is -2.15. The van der Waals surface area contributed by atoms with E-state index in [-0.39, 0.29) is 6.61 Å². The van der Waals surface area contributed by atoms with Crippen LogP contribution in [0.2, 0.25) is 0 Å². The predicted octanol–water partition coefficient (Wildman–Crippen LogP) is -0.356. The van der Waals surface area contributed by atoms with Crippen LogP contribution in [0.3, 0.4) is 0 Å². The lowest BCUT2D eigenvalue weighted by atomic mass is 10.1. The van der Waals surface area contributed by atoms with E-state index in [0.29, 0.717) is 6.42 Å². The summed E-state index contributed by atoms with van der Waals surface area (Å²) >= 11 is 0. The highest BCUT2D eigenvalue weighted by molar-refractivity contribution is 7.87. The van der Waals surface area contributed by atoms with E-state index < -0.39 is 16.3 Å². The van der Waals surface area contributed by atoms with E-state index in [0.717, 1.165) is 5.56 Å². The monoisotopic (exact) mass is 244 g/mol. The van der Waals surface area contributed by atoms with Crippen LogP contribution in [0.25, 0.3) is 0 Å². The van der Waals surface area contributed by atoms with Crippen molar-refractivity contribution in [3.63, 3.8) is 0 Å². The first-order valence-corrected chi connectivity index (χ1v) is 6.41. The van der Waals surface area contributed by atoms with Crippen molar-refractivity contribution in [2.24, 2.45) is 0 Å². The Bertz CT molecular complexity index is 405. The predicted molar refractivity (Wildman–Crippen MR) is 62.1 cm³/mol. The summed E-state index contributed by atoms with van der Waals surface area (Å²) in [5, 5.41) is 9.09. The summed E-state index contributed by atoms with van der Waals surface area (Å²) in [4.78, 5) is 0. The first-order chi connectivity index (χ1) is 7.57. The Hall–Kier alpha value is -0.950. The van der Waals surface area contributed by atoms with Crippen molar-refractivity contribution < 1.29 is 13.5 Å². The zero-order valence-corrected chi connectivity index (χ0v) is 9.87. The third kappa shape index (κ3) is 4.28. The van der Waals surface area contributed by atoms with Gasteiger partial charge in [-0.25, -0.2) is 4.72 Å². The van der Waals surface area contributed by atoms with E-state index in [2.05, 4.69) is 9.44 Å². The Labute approximate surface area is 95.7 Å². The molecule has 0 aliphatic rings. The Morgan fingerprint density at radius 2 is 1.94 bits per heavy atom. The molecule has 6 heteroatoms. The molecule has 1 atom stereocenters. The molecule has 0 aliphatic carbocycles. The van der Waals surface area contributed by atoms with Crippen molar-refractivity contribution >= 4 is 10.2 Å². The molecule has 5 nitrogen and oxygen atoms in total. The zero-order valence-electron chi connectivity index (χ0n) is 9.05. The van der Waals surface area contributed by atoms with Crippen molar-refractivity contribution in [1.29, 1.82) is 0 Å². The maximum absolute atomic E-state index is 11.2. The van der Waals surface area contributed by atoms with Crippen LogP contribution in [0.1, 0.15) is 5.56 Å². The van der Waals surface area contributed by atoms with Crippen LogP contribution in [0.4, 0.5) is 0 Å². The molecule has 0 unspecified atom stereocenters. The van der Waals surface area contributed by atoms with Crippen LogP contribution < -0.4 is 9.44 Å². The van der Waals surface area contributed by atoms with Crippen molar-refractivity contribution in [3.05, 3.63) is 35.9 Å². The molecule has 0 bridgehead atoms. The highest BCUT2D eigenvalue weighted by atomic mass is 32.2. The van der Waals surface area contributed by atoms with Gasteiger partial charge >= 0.3 is 0 Å². The number of aliphatic hydroxyl groups excluding tert-OH is 1. The number of aliphatic hydroxyl groups is 1. The summed E-state index contributed by atoms with van der Waals surface area (Å²) in [6.07, 6.45) is 0.457. The van der Waals surface area contributed by atoms with Crippen LogP contribution in [0.15, 0.2) is 30.3 Å². The summed E-state index contributed by atoms with van der Waals surface area (Å²) in [5.74, 6) is 0. The topological polar surface area (TPSA) is 78.4 Å². The second-order valence-corrected chi connectivity index (χ2v) is 5.05. The molecule has 0 aromatic heterocycles. The van der Waals surface area contributed by atoms with Gasteiger partial charge < -0.3 is 5.11 Å². The molecule has 0 amide bonds. The normalized spacial score (nSPS) is 13.6. The number of nitrogens with one attached hydrogen (secondary N) is 2. The van der Waals surface area contributed by atoms with Gasteiger partial charge in [0.15, 0.2) is 0 Å². The summed E-state index contributed by atoms with van der Waals surface area (Å²) in [6, 6.07) is 8.88. The van der Waals surface area contributed by atoms with Crippen LogP contribution in [0, 0.1) is 0 Å². The maximum atomic E-state index is 11.2. The second-order valence-electron chi connectivity index (χ2n) is 3.39. The van der Waals surface area contributed by atoms with Gasteiger partial charge in [-0.1, -0.05) is 30.3 Å². The lowest BCUT2D eigenvalue weighted by Crippen LogP contribution is -2.44. The molecule has 0 aliphatic heterocycles. The largest absolute Gasteiger partial charge is 0.395 e. The molecular formula is C10H16N2O3S. The smallest absolute Gasteiger partial charge is 0.276 e. The van der Waals surface area contributed by atoms with Crippen molar-refractivity contribution in [2.45, 2.75) is 12.5 Å². The number of benzene rings is 1. The van der Waals surface area contributed by atoms with E-state index in [1.165, 1.54) is 7.05 Å². The zero-order chi connectivity index (χ0) is 12.0. The van der Waals surface area contributed by atoms with Gasteiger partial charge in [0, 0.05) is 7.05 Å². The molecule has 16 heavy (non-hydrogen) atoms. The molecule has 1 rings (SSSR count). The van der Waals surface area contributed by atoms with Crippen LogP contribution in [-0.4, -0.2) is 33.2 Å². The summed E-state index contributed by atoms with van der Waals surface area (Å²) in [6.45, 7) is -0.240. The van der Waals surface area contributed by atoms with Gasteiger partial charge in [0.25, 0.3) is 10.2 Å². The highest BCUT2D eigenvalue weighted by Gasteiger charge is 2.15. The van der Waals surface area contributed by atoms with Crippen molar-refractivity contribution in [1.82, 2.24) is 9.44 Å². The Kier molecular flexibility index (Phi) is 4.88. The molecule has 1 aromatic carbocycles. The SMILES string of the molecule is CNS(=O)(=O)N[C@H](CO)Cc1ccccc1. The van der Waals surface area contributed by atoms with Crippen molar-refractivity contribution in [2.75, 3.05) is 13.7 Å². The van der Waals surface area contributed by atoms with Crippen LogP contribution >= 0.6 is 0 Å². The fourth-order valence-electron chi connectivity index (χ4n) is 1.32. The molecule has 3 N–H and O–H groups in total. The van der Waals surface area contributed by atoms with E-state index in [1.807, 2.05) is 30.3 Å². The lowest BCUT2D eigenvalue weighted by molar-refractivity contribution is 0.256. The molecular weight excluding hydrogens is 228 g/mol. The fraction of sp³-hybridized carbons (Fsp3) is 0.400. The Balaban J connectivity index is 2.63. The summed E-state index contributed by atoms with van der Waals surface area (Å²) < 4.78 is 26.9. The average molecular weight is 244 g/mol. The molecule has 0 saturated carbocycles. The third-order valence-electron chi connectivity index (χ3n) is 2.14. The quantitative estimate of drug-likeness (QED) is 0.639. The molecule has 1 aromatic rings. The second kappa shape index (κ2) is 5.95.